The number of hydrogen-bond acceptors (Lipinski definition) is 1. The van der Waals surface area contributed by atoms with Crippen molar-refractivity contribution in [2.45, 2.75) is 6.42 Å². The zero-order valence-corrected chi connectivity index (χ0v) is 9.78. The van der Waals surface area contributed by atoms with Crippen molar-refractivity contribution in [2.24, 2.45) is 0 Å². The van der Waals surface area contributed by atoms with Gasteiger partial charge in [-0.15, -0.1) is 0 Å². The molecule has 0 unspecified atom stereocenters. The van der Waals surface area contributed by atoms with Gasteiger partial charge in [0.25, 0.3) is 0 Å². The molecular weight excluding hydrogens is 239 g/mol. The Labute approximate surface area is 90.1 Å². The van der Waals surface area contributed by atoms with Crippen LogP contribution in [0.5, 0.6) is 5.75 Å². The summed E-state index contributed by atoms with van der Waals surface area (Å²) in [6, 6.07) is 12.7. The first kappa shape index (κ1) is 9.57. The third kappa shape index (κ3) is 2.28. The van der Waals surface area contributed by atoms with E-state index in [1.165, 1.54) is 5.56 Å². The average Bonchev–Trinajstić information content (AvgIpc) is 2.72. The van der Waals surface area contributed by atoms with Crippen LogP contribution in [0.3, 0.4) is 0 Å². The second-order valence-electron chi connectivity index (χ2n) is 3.10. The molecule has 1 aromatic carbocycles. The van der Waals surface area contributed by atoms with E-state index in [4.69, 9.17) is 4.74 Å². The van der Waals surface area contributed by atoms with Gasteiger partial charge in [0.05, 0.1) is 0 Å². The molecule has 0 radical (unpaired) electrons. The van der Waals surface area contributed by atoms with Crippen LogP contribution < -0.4 is 4.74 Å². The Morgan fingerprint density at radius 2 is 1.93 bits per heavy atom. The van der Waals surface area contributed by atoms with E-state index in [0.717, 1.165) is 12.2 Å². The van der Waals surface area contributed by atoms with Crippen LogP contribution in [0.15, 0.2) is 41.3 Å². The van der Waals surface area contributed by atoms with Crippen molar-refractivity contribution in [2.75, 3.05) is 7.11 Å². The Morgan fingerprint density at radius 1 is 1.14 bits per heavy atom. The molecule has 1 nitrogen and oxygen atoms in total. The van der Waals surface area contributed by atoms with Crippen LogP contribution in [0.25, 0.3) is 0 Å². The summed E-state index contributed by atoms with van der Waals surface area (Å²) in [6.07, 6.45) is 1.08. The molecule has 2 heteroatoms. The average molecular weight is 251 g/mol. The van der Waals surface area contributed by atoms with Gasteiger partial charge in [0, 0.05) is 0 Å². The Morgan fingerprint density at radius 3 is 2.50 bits per heavy atom. The van der Waals surface area contributed by atoms with Crippen molar-refractivity contribution in [1.82, 2.24) is 0 Å². The van der Waals surface area contributed by atoms with E-state index in [0.29, 0.717) is 14.5 Å². The van der Waals surface area contributed by atoms with Gasteiger partial charge < -0.3 is 0 Å². The first-order chi connectivity index (χ1) is 6.88. The van der Waals surface area contributed by atoms with Gasteiger partial charge in [0.2, 0.25) is 0 Å². The van der Waals surface area contributed by atoms with Crippen molar-refractivity contribution in [3.63, 3.8) is 0 Å². The van der Waals surface area contributed by atoms with Crippen molar-refractivity contribution < 1.29 is 4.74 Å². The van der Waals surface area contributed by atoms with Gasteiger partial charge >= 0.3 is 89.9 Å². The zero-order valence-electron chi connectivity index (χ0n) is 8.07. The quantitative estimate of drug-likeness (QED) is 0.761. The molecule has 0 bridgehead atoms. The summed E-state index contributed by atoms with van der Waals surface area (Å²) in [5.41, 5.74) is 1.36. The molecule has 0 aliphatic carbocycles. The minimum atomic E-state index is 0.583. The topological polar surface area (TPSA) is 9.23 Å². The van der Waals surface area contributed by atoms with Gasteiger partial charge in [-0.05, 0) is 0 Å². The molecule has 0 saturated carbocycles. The van der Waals surface area contributed by atoms with Crippen molar-refractivity contribution in [1.29, 1.82) is 0 Å². The second kappa shape index (κ2) is 4.49. The molecule has 0 aliphatic heterocycles. The molecular formula is C12H12OSe. The number of rotatable bonds is 3. The summed E-state index contributed by atoms with van der Waals surface area (Å²) in [5.74, 6) is 0.929. The van der Waals surface area contributed by atoms with Gasteiger partial charge in [0.15, 0.2) is 0 Å². The van der Waals surface area contributed by atoms with Gasteiger partial charge in [0.1, 0.15) is 0 Å². The van der Waals surface area contributed by atoms with Crippen LogP contribution in [0.4, 0.5) is 0 Å². The normalized spacial score (nSPS) is 10.1. The fourth-order valence-corrected chi connectivity index (χ4v) is 2.91. The van der Waals surface area contributed by atoms with E-state index in [1.54, 1.807) is 11.5 Å². The molecule has 0 aliphatic rings. The number of benzene rings is 1. The van der Waals surface area contributed by atoms with Crippen LogP contribution in [-0.2, 0) is 6.42 Å². The predicted octanol–water partition coefficient (Wildman–Crippen LogP) is 2.34. The third-order valence-corrected chi connectivity index (χ3v) is 3.96. The molecule has 1 heterocycles. The molecule has 0 amide bonds. The molecule has 2 rings (SSSR count). The fraction of sp³-hybridized carbons (Fsp3) is 0.167. The Bertz CT molecular complexity index is 375. The first-order valence-electron chi connectivity index (χ1n) is 4.54. The Hall–Kier alpha value is -0.981. The van der Waals surface area contributed by atoms with Crippen LogP contribution >= 0.6 is 0 Å². The van der Waals surface area contributed by atoms with Gasteiger partial charge in [-0.2, -0.15) is 0 Å². The molecule has 2 aromatic rings. The number of ether oxygens (including phenoxy) is 1. The minimum absolute atomic E-state index is 0.583. The third-order valence-electron chi connectivity index (χ3n) is 2.12. The molecule has 1 aromatic heterocycles. The van der Waals surface area contributed by atoms with Gasteiger partial charge in [-0.3, -0.25) is 0 Å². The standard InChI is InChI=1S/C12H12OSe/c1-13-11-6-4-10(5-7-11)9-12-3-2-8-14-12/h2-8H,9H2,1H3. The van der Waals surface area contributed by atoms with E-state index >= 15 is 0 Å². The van der Waals surface area contributed by atoms with Crippen LogP contribution in [-0.4, -0.2) is 21.6 Å². The summed E-state index contributed by atoms with van der Waals surface area (Å²) in [5, 5.41) is 0. The SMILES string of the molecule is COc1ccc(Cc2ccc[se]2)cc1. The molecule has 0 fully saturated rings. The Kier molecular flexibility index (Phi) is 3.07. The summed E-state index contributed by atoms with van der Waals surface area (Å²) >= 11 is 0.583. The van der Waals surface area contributed by atoms with Crippen molar-refractivity contribution in [3.8, 4) is 5.75 Å². The van der Waals surface area contributed by atoms with Crippen LogP contribution in [0, 0.1) is 0 Å². The zero-order chi connectivity index (χ0) is 9.80. The van der Waals surface area contributed by atoms with Crippen molar-refractivity contribution in [3.05, 3.63) is 51.3 Å². The molecule has 0 spiro atoms. The van der Waals surface area contributed by atoms with Crippen molar-refractivity contribution >= 4 is 14.5 Å². The molecule has 0 saturated heterocycles. The fourth-order valence-electron chi connectivity index (χ4n) is 1.36. The van der Waals surface area contributed by atoms with E-state index < -0.39 is 0 Å². The number of hydrogen-bond donors (Lipinski definition) is 0. The summed E-state index contributed by atoms with van der Waals surface area (Å²) in [7, 11) is 1.70. The predicted molar refractivity (Wildman–Crippen MR) is 59.2 cm³/mol. The van der Waals surface area contributed by atoms with Crippen LogP contribution in [0.2, 0.25) is 0 Å². The maximum absolute atomic E-state index is 5.12. The number of methoxy groups -OCH3 is 1. The van der Waals surface area contributed by atoms with Crippen LogP contribution in [0.1, 0.15) is 10.0 Å². The van der Waals surface area contributed by atoms with E-state index in [1.807, 2.05) is 12.1 Å². The summed E-state index contributed by atoms with van der Waals surface area (Å²) < 4.78 is 6.66. The van der Waals surface area contributed by atoms with Gasteiger partial charge in [-0.25, -0.2) is 0 Å². The van der Waals surface area contributed by atoms with E-state index in [-0.39, 0.29) is 0 Å². The van der Waals surface area contributed by atoms with E-state index in [9.17, 15) is 0 Å². The first-order valence-corrected chi connectivity index (χ1v) is 6.38. The molecule has 72 valence electrons. The van der Waals surface area contributed by atoms with E-state index in [2.05, 4.69) is 29.2 Å². The summed E-state index contributed by atoms with van der Waals surface area (Å²) in [6.45, 7) is 0. The van der Waals surface area contributed by atoms with Gasteiger partial charge in [-0.1, -0.05) is 0 Å². The monoisotopic (exact) mass is 252 g/mol. The molecule has 0 atom stereocenters. The molecule has 14 heavy (non-hydrogen) atoms. The maximum atomic E-state index is 5.12. The summed E-state index contributed by atoms with van der Waals surface area (Å²) in [4.78, 5) is 2.26. The molecule has 0 N–H and O–H groups in total. The Balaban J connectivity index is 2.10. The second-order valence-corrected chi connectivity index (χ2v) is 5.27.